The summed E-state index contributed by atoms with van der Waals surface area (Å²) in [5.41, 5.74) is 0. The van der Waals surface area contributed by atoms with Crippen molar-refractivity contribution in [3.63, 3.8) is 0 Å². The Balaban J connectivity index is 1.49. The third kappa shape index (κ3) is 3.60. The molecule has 116 valence electrons. The van der Waals surface area contributed by atoms with Crippen molar-refractivity contribution in [1.29, 1.82) is 0 Å². The van der Waals surface area contributed by atoms with Crippen LogP contribution >= 0.6 is 22.0 Å². The van der Waals surface area contributed by atoms with E-state index in [0.29, 0.717) is 18.9 Å². The van der Waals surface area contributed by atoms with Crippen LogP contribution in [0.4, 0.5) is 0 Å². The lowest BCUT2D eigenvalue weighted by molar-refractivity contribution is -0.122. The van der Waals surface area contributed by atoms with Crippen molar-refractivity contribution in [1.82, 2.24) is 5.32 Å². The van der Waals surface area contributed by atoms with Crippen LogP contribution < -0.4 is 5.32 Å². The van der Waals surface area contributed by atoms with E-state index in [-0.39, 0.29) is 10.1 Å². The second kappa shape index (κ2) is 5.89. The van der Waals surface area contributed by atoms with Gasteiger partial charge in [-0.25, -0.2) is 8.42 Å². The number of rotatable bonds is 5. The molecule has 0 aromatic carbocycles. The molecule has 3 unspecified atom stereocenters. The lowest BCUT2D eigenvalue weighted by Crippen LogP contribution is -2.26. The molecular formula is C14H18ClNO3S2. The average Bonchev–Trinajstić information content (AvgIpc) is 3.11. The fraction of sp³-hybridized carbons (Fsp3) is 0.643. The fourth-order valence-electron chi connectivity index (χ4n) is 3.71. The van der Waals surface area contributed by atoms with Gasteiger partial charge in [0.05, 0.1) is 6.54 Å². The van der Waals surface area contributed by atoms with Crippen LogP contribution in [-0.4, -0.2) is 14.3 Å². The number of carbonyl (C=O) groups excluding carboxylic acids is 1. The van der Waals surface area contributed by atoms with Gasteiger partial charge in [-0.2, -0.15) is 0 Å². The Kier molecular flexibility index (Phi) is 4.30. The molecule has 7 heteroatoms. The fourth-order valence-corrected chi connectivity index (χ4v) is 5.77. The Bertz CT molecular complexity index is 640. The quantitative estimate of drug-likeness (QED) is 0.832. The number of amides is 1. The minimum absolute atomic E-state index is 0.0660. The number of halogens is 1. The lowest BCUT2D eigenvalue weighted by atomic mass is 9.86. The third-order valence-corrected chi connectivity index (χ3v) is 7.85. The van der Waals surface area contributed by atoms with Gasteiger partial charge in [0.15, 0.2) is 0 Å². The summed E-state index contributed by atoms with van der Waals surface area (Å²) in [5.74, 6) is 2.21. The minimum Gasteiger partial charge on any atom is -0.351 e. The molecule has 3 atom stereocenters. The normalized spacial score (nSPS) is 28.0. The first-order chi connectivity index (χ1) is 9.91. The highest BCUT2D eigenvalue weighted by Crippen LogP contribution is 2.49. The molecule has 1 heterocycles. The molecule has 0 radical (unpaired) electrons. The summed E-state index contributed by atoms with van der Waals surface area (Å²) in [5, 5.41) is 2.88. The predicted molar refractivity (Wildman–Crippen MR) is 82.8 cm³/mol. The second-order valence-electron chi connectivity index (χ2n) is 6.07. The van der Waals surface area contributed by atoms with E-state index in [0.717, 1.165) is 28.0 Å². The van der Waals surface area contributed by atoms with E-state index in [2.05, 4.69) is 5.32 Å². The van der Waals surface area contributed by atoms with Crippen LogP contribution in [0.2, 0.25) is 0 Å². The largest absolute Gasteiger partial charge is 0.351 e. The van der Waals surface area contributed by atoms with E-state index in [4.69, 9.17) is 10.7 Å². The maximum absolute atomic E-state index is 12.0. The van der Waals surface area contributed by atoms with Crippen LogP contribution in [0.15, 0.2) is 16.3 Å². The van der Waals surface area contributed by atoms with Crippen LogP contribution in [0, 0.1) is 17.8 Å². The smallest absolute Gasteiger partial charge is 0.270 e. The maximum atomic E-state index is 12.0. The Morgan fingerprint density at radius 2 is 2.14 bits per heavy atom. The Hall–Kier alpha value is -0.590. The minimum atomic E-state index is -3.67. The summed E-state index contributed by atoms with van der Waals surface area (Å²) in [6, 6.07) is 3.17. The molecule has 2 aliphatic carbocycles. The summed E-state index contributed by atoms with van der Waals surface area (Å²) in [7, 11) is 1.61. The summed E-state index contributed by atoms with van der Waals surface area (Å²) >= 11 is 1.10. The molecular weight excluding hydrogens is 330 g/mol. The van der Waals surface area contributed by atoms with Crippen LogP contribution in [0.3, 0.4) is 0 Å². The van der Waals surface area contributed by atoms with Crippen LogP contribution in [0.25, 0.3) is 0 Å². The lowest BCUT2D eigenvalue weighted by Gasteiger charge is -2.20. The van der Waals surface area contributed by atoms with Gasteiger partial charge in [0, 0.05) is 22.0 Å². The standard InChI is InChI=1S/C14H18ClNO3S2/c15-21(18,19)14-4-3-12(20-14)8-16-13(17)7-11-6-9-1-2-10(11)5-9/h3-4,9-11H,1-2,5-8H2,(H,16,17). The molecule has 1 aromatic rings. The number of nitrogens with one attached hydrogen (secondary N) is 1. The highest BCUT2D eigenvalue weighted by atomic mass is 35.7. The van der Waals surface area contributed by atoms with E-state index >= 15 is 0 Å². The molecule has 2 fully saturated rings. The van der Waals surface area contributed by atoms with Crippen molar-refractivity contribution in [3.8, 4) is 0 Å². The highest BCUT2D eigenvalue weighted by molar-refractivity contribution is 8.15. The molecule has 3 rings (SSSR count). The molecule has 2 saturated carbocycles. The number of fused-ring (bicyclic) bond motifs is 2. The van der Waals surface area contributed by atoms with E-state index < -0.39 is 9.05 Å². The molecule has 1 N–H and O–H groups in total. The van der Waals surface area contributed by atoms with Gasteiger partial charge in [-0.1, -0.05) is 6.42 Å². The molecule has 2 aliphatic rings. The highest BCUT2D eigenvalue weighted by Gasteiger charge is 2.39. The van der Waals surface area contributed by atoms with Gasteiger partial charge in [0.2, 0.25) is 5.91 Å². The van der Waals surface area contributed by atoms with Crippen LogP contribution in [0.5, 0.6) is 0 Å². The van der Waals surface area contributed by atoms with Crippen molar-refractivity contribution < 1.29 is 13.2 Å². The molecule has 21 heavy (non-hydrogen) atoms. The average molecular weight is 348 g/mol. The van der Waals surface area contributed by atoms with E-state index in [1.165, 1.54) is 31.7 Å². The third-order valence-electron chi connectivity index (χ3n) is 4.67. The summed E-state index contributed by atoms with van der Waals surface area (Å²) in [6.07, 6.45) is 5.73. The van der Waals surface area contributed by atoms with E-state index in [9.17, 15) is 13.2 Å². The summed E-state index contributed by atoms with van der Waals surface area (Å²) in [4.78, 5) is 12.8. The predicted octanol–water partition coefficient (Wildman–Crippen LogP) is 3.12. The monoisotopic (exact) mass is 347 g/mol. The molecule has 2 bridgehead atoms. The van der Waals surface area contributed by atoms with Crippen molar-refractivity contribution in [3.05, 3.63) is 17.0 Å². The Morgan fingerprint density at radius 1 is 1.33 bits per heavy atom. The van der Waals surface area contributed by atoms with Crippen molar-refractivity contribution in [2.45, 2.75) is 42.9 Å². The molecule has 4 nitrogen and oxygen atoms in total. The van der Waals surface area contributed by atoms with Gasteiger partial charge in [0.25, 0.3) is 9.05 Å². The van der Waals surface area contributed by atoms with Gasteiger partial charge in [0.1, 0.15) is 4.21 Å². The number of thiophene rings is 1. The molecule has 0 saturated heterocycles. The van der Waals surface area contributed by atoms with Gasteiger partial charge < -0.3 is 5.32 Å². The second-order valence-corrected chi connectivity index (χ2v) is 10.0. The molecule has 1 amide bonds. The number of hydrogen-bond donors (Lipinski definition) is 1. The van der Waals surface area contributed by atoms with Gasteiger partial charge >= 0.3 is 0 Å². The Labute approximate surface area is 133 Å². The van der Waals surface area contributed by atoms with Crippen molar-refractivity contribution >= 4 is 37.0 Å². The summed E-state index contributed by atoms with van der Waals surface area (Å²) < 4.78 is 22.5. The Morgan fingerprint density at radius 3 is 2.71 bits per heavy atom. The maximum Gasteiger partial charge on any atom is 0.270 e. The zero-order chi connectivity index (χ0) is 15.0. The topological polar surface area (TPSA) is 63.2 Å². The molecule has 1 aromatic heterocycles. The summed E-state index contributed by atoms with van der Waals surface area (Å²) in [6.45, 7) is 0.372. The van der Waals surface area contributed by atoms with E-state index in [1.54, 1.807) is 6.07 Å². The van der Waals surface area contributed by atoms with Gasteiger partial charge in [-0.3, -0.25) is 4.79 Å². The van der Waals surface area contributed by atoms with Gasteiger partial charge in [-0.05, 0) is 49.1 Å². The molecule has 0 spiro atoms. The number of hydrogen-bond acceptors (Lipinski definition) is 4. The first-order valence-electron chi connectivity index (χ1n) is 7.22. The first-order valence-corrected chi connectivity index (χ1v) is 10.3. The van der Waals surface area contributed by atoms with E-state index in [1.807, 2.05) is 0 Å². The molecule has 0 aliphatic heterocycles. The first kappa shape index (κ1) is 15.3. The SMILES string of the molecule is O=C(CC1CC2CCC1C2)NCc1ccc(S(=O)(=O)Cl)s1. The van der Waals surface area contributed by atoms with Crippen molar-refractivity contribution in [2.75, 3.05) is 0 Å². The van der Waals surface area contributed by atoms with Crippen LogP contribution in [0.1, 0.15) is 37.0 Å². The number of carbonyl (C=O) groups is 1. The van der Waals surface area contributed by atoms with Gasteiger partial charge in [-0.15, -0.1) is 11.3 Å². The van der Waals surface area contributed by atoms with Crippen LogP contribution in [-0.2, 0) is 20.4 Å². The zero-order valence-corrected chi connectivity index (χ0v) is 13.9. The van der Waals surface area contributed by atoms with Crippen molar-refractivity contribution in [2.24, 2.45) is 17.8 Å². The zero-order valence-electron chi connectivity index (χ0n) is 11.5.